The fraction of sp³-hybridized carbons (Fsp3) is 0.917. The second kappa shape index (κ2) is 7.13. The van der Waals surface area contributed by atoms with Crippen LogP contribution in [0.15, 0.2) is 0 Å². The van der Waals surface area contributed by atoms with E-state index in [4.69, 9.17) is 11.6 Å². The maximum Gasteiger partial charge on any atom is 0.216 e. The van der Waals surface area contributed by atoms with Gasteiger partial charge in [-0.25, -0.2) is 0 Å². The topological polar surface area (TPSA) is 32.3 Å². The molecule has 1 aliphatic rings. The SMILES string of the molecule is CC(=O)NCC1CCN(CC(C)CCl)CC1. The van der Waals surface area contributed by atoms with Crippen molar-refractivity contribution in [3.05, 3.63) is 0 Å². The zero-order valence-electron chi connectivity index (χ0n) is 10.3. The fourth-order valence-electron chi connectivity index (χ4n) is 2.15. The minimum absolute atomic E-state index is 0.0817. The van der Waals surface area contributed by atoms with Crippen LogP contribution < -0.4 is 5.32 Å². The molecular formula is C12H23ClN2O. The smallest absolute Gasteiger partial charge is 0.216 e. The van der Waals surface area contributed by atoms with E-state index >= 15 is 0 Å². The lowest BCUT2D eigenvalue weighted by Gasteiger charge is -2.33. The normalized spacial score (nSPS) is 20.7. The molecule has 1 N–H and O–H groups in total. The molecule has 4 heteroatoms. The third-order valence-corrected chi connectivity index (χ3v) is 3.71. The van der Waals surface area contributed by atoms with Crippen molar-refractivity contribution in [3.63, 3.8) is 0 Å². The summed E-state index contributed by atoms with van der Waals surface area (Å²) < 4.78 is 0. The van der Waals surface area contributed by atoms with Gasteiger partial charge in [0.25, 0.3) is 0 Å². The van der Waals surface area contributed by atoms with Gasteiger partial charge >= 0.3 is 0 Å². The summed E-state index contributed by atoms with van der Waals surface area (Å²) in [5.41, 5.74) is 0. The van der Waals surface area contributed by atoms with Crippen LogP contribution in [0.4, 0.5) is 0 Å². The number of nitrogens with zero attached hydrogens (tertiary/aromatic N) is 1. The summed E-state index contributed by atoms with van der Waals surface area (Å²) in [6, 6.07) is 0. The molecule has 0 aliphatic carbocycles. The van der Waals surface area contributed by atoms with Crippen molar-refractivity contribution in [2.24, 2.45) is 11.8 Å². The van der Waals surface area contributed by atoms with Crippen molar-refractivity contribution in [3.8, 4) is 0 Å². The predicted molar refractivity (Wildman–Crippen MR) is 67.7 cm³/mol. The second-order valence-electron chi connectivity index (χ2n) is 4.94. The number of amides is 1. The first-order valence-corrected chi connectivity index (χ1v) is 6.68. The Balaban J connectivity index is 2.15. The summed E-state index contributed by atoms with van der Waals surface area (Å²) in [5, 5.41) is 2.90. The molecule has 16 heavy (non-hydrogen) atoms. The van der Waals surface area contributed by atoms with E-state index in [2.05, 4.69) is 17.1 Å². The van der Waals surface area contributed by atoms with Gasteiger partial charge < -0.3 is 10.2 Å². The van der Waals surface area contributed by atoms with Gasteiger partial charge in [-0.05, 0) is 37.8 Å². The van der Waals surface area contributed by atoms with Gasteiger partial charge in [0.2, 0.25) is 5.91 Å². The summed E-state index contributed by atoms with van der Waals surface area (Å²) in [4.78, 5) is 13.3. The lowest BCUT2D eigenvalue weighted by molar-refractivity contribution is -0.119. The minimum Gasteiger partial charge on any atom is -0.356 e. The highest BCUT2D eigenvalue weighted by Crippen LogP contribution is 2.17. The van der Waals surface area contributed by atoms with E-state index < -0.39 is 0 Å². The van der Waals surface area contributed by atoms with Crippen LogP contribution >= 0.6 is 11.6 Å². The molecule has 1 rings (SSSR count). The Labute approximate surface area is 104 Å². The number of hydrogen-bond donors (Lipinski definition) is 1. The van der Waals surface area contributed by atoms with E-state index in [-0.39, 0.29) is 5.91 Å². The molecule has 0 aromatic carbocycles. The van der Waals surface area contributed by atoms with E-state index in [1.54, 1.807) is 6.92 Å². The highest BCUT2D eigenvalue weighted by Gasteiger charge is 2.20. The monoisotopic (exact) mass is 246 g/mol. The molecule has 0 spiro atoms. The molecule has 1 saturated heterocycles. The van der Waals surface area contributed by atoms with Crippen LogP contribution in [0.5, 0.6) is 0 Å². The van der Waals surface area contributed by atoms with Crippen LogP contribution in [0.3, 0.4) is 0 Å². The number of hydrogen-bond acceptors (Lipinski definition) is 2. The zero-order chi connectivity index (χ0) is 12.0. The highest BCUT2D eigenvalue weighted by atomic mass is 35.5. The molecule has 1 aliphatic heterocycles. The van der Waals surface area contributed by atoms with Gasteiger partial charge in [0.05, 0.1) is 0 Å². The Morgan fingerprint density at radius 2 is 2.12 bits per heavy atom. The van der Waals surface area contributed by atoms with Crippen molar-refractivity contribution in [2.45, 2.75) is 26.7 Å². The molecule has 1 fully saturated rings. The summed E-state index contributed by atoms with van der Waals surface area (Å²) >= 11 is 5.81. The number of carbonyl (C=O) groups is 1. The number of likely N-dealkylation sites (tertiary alicyclic amines) is 1. The molecule has 1 heterocycles. The molecular weight excluding hydrogens is 224 g/mol. The lowest BCUT2D eigenvalue weighted by Crippen LogP contribution is -2.40. The van der Waals surface area contributed by atoms with Crippen LogP contribution in [0, 0.1) is 11.8 Å². The molecule has 1 amide bonds. The number of nitrogens with one attached hydrogen (secondary N) is 1. The van der Waals surface area contributed by atoms with Crippen LogP contribution in [0.25, 0.3) is 0 Å². The fourth-order valence-corrected chi connectivity index (χ4v) is 2.25. The van der Waals surface area contributed by atoms with Crippen molar-refractivity contribution >= 4 is 17.5 Å². The lowest BCUT2D eigenvalue weighted by atomic mass is 9.96. The van der Waals surface area contributed by atoms with Gasteiger partial charge in [-0.3, -0.25) is 4.79 Å². The maximum atomic E-state index is 10.8. The number of carbonyl (C=O) groups excluding carboxylic acids is 1. The molecule has 1 unspecified atom stereocenters. The standard InChI is InChI=1S/C12H23ClN2O/c1-10(7-13)9-15-5-3-12(4-6-15)8-14-11(2)16/h10,12H,3-9H2,1-2H3,(H,14,16). The first kappa shape index (κ1) is 13.8. The van der Waals surface area contributed by atoms with Crippen LogP contribution in [-0.2, 0) is 4.79 Å². The van der Waals surface area contributed by atoms with Gasteiger partial charge in [0, 0.05) is 25.9 Å². The van der Waals surface area contributed by atoms with Gasteiger partial charge in [-0.2, -0.15) is 0 Å². The van der Waals surface area contributed by atoms with Gasteiger partial charge in [-0.15, -0.1) is 11.6 Å². The van der Waals surface area contributed by atoms with E-state index in [1.165, 1.54) is 12.8 Å². The van der Waals surface area contributed by atoms with Crippen molar-refractivity contribution in [1.29, 1.82) is 0 Å². The van der Waals surface area contributed by atoms with Crippen LogP contribution in [-0.4, -0.2) is 42.9 Å². The Hall–Kier alpha value is -0.280. The van der Waals surface area contributed by atoms with Crippen molar-refractivity contribution in [2.75, 3.05) is 32.1 Å². The molecule has 3 nitrogen and oxygen atoms in total. The Morgan fingerprint density at radius 1 is 1.50 bits per heavy atom. The number of halogens is 1. The second-order valence-corrected chi connectivity index (χ2v) is 5.25. The summed E-state index contributed by atoms with van der Waals surface area (Å²) in [6.07, 6.45) is 2.38. The van der Waals surface area contributed by atoms with Gasteiger partial charge in [0.1, 0.15) is 0 Å². The molecule has 1 atom stereocenters. The average Bonchev–Trinajstić information content (AvgIpc) is 2.28. The third-order valence-electron chi connectivity index (χ3n) is 3.18. The van der Waals surface area contributed by atoms with E-state index in [0.717, 1.165) is 32.1 Å². The van der Waals surface area contributed by atoms with E-state index in [9.17, 15) is 4.79 Å². The summed E-state index contributed by atoms with van der Waals surface area (Å²) in [5.74, 6) is 2.06. The van der Waals surface area contributed by atoms with Crippen molar-refractivity contribution < 1.29 is 4.79 Å². The largest absolute Gasteiger partial charge is 0.356 e. The zero-order valence-corrected chi connectivity index (χ0v) is 11.1. The van der Waals surface area contributed by atoms with Gasteiger partial charge in [-0.1, -0.05) is 6.92 Å². The van der Waals surface area contributed by atoms with Gasteiger partial charge in [0.15, 0.2) is 0 Å². The molecule has 0 aromatic heterocycles. The third kappa shape index (κ3) is 5.17. The maximum absolute atomic E-state index is 10.8. The average molecular weight is 247 g/mol. The molecule has 0 radical (unpaired) electrons. The van der Waals surface area contributed by atoms with E-state index in [0.29, 0.717) is 11.8 Å². The van der Waals surface area contributed by atoms with Crippen LogP contribution in [0.1, 0.15) is 26.7 Å². The summed E-state index contributed by atoms with van der Waals surface area (Å²) in [6.45, 7) is 8.01. The highest BCUT2D eigenvalue weighted by molar-refractivity contribution is 6.18. The Kier molecular flexibility index (Phi) is 6.14. The first-order valence-electron chi connectivity index (χ1n) is 6.14. The number of piperidine rings is 1. The van der Waals surface area contributed by atoms with E-state index in [1.807, 2.05) is 0 Å². The molecule has 0 bridgehead atoms. The van der Waals surface area contributed by atoms with Crippen LogP contribution in [0.2, 0.25) is 0 Å². The van der Waals surface area contributed by atoms with Crippen molar-refractivity contribution in [1.82, 2.24) is 10.2 Å². The molecule has 94 valence electrons. The predicted octanol–water partition coefficient (Wildman–Crippen LogP) is 1.71. The Bertz CT molecular complexity index is 215. The molecule has 0 aromatic rings. The minimum atomic E-state index is 0.0817. The quantitative estimate of drug-likeness (QED) is 0.749. The molecule has 0 saturated carbocycles. The summed E-state index contributed by atoms with van der Waals surface area (Å²) in [7, 11) is 0. The number of alkyl halides is 1. The number of rotatable bonds is 5. The Morgan fingerprint density at radius 3 is 2.62 bits per heavy atom. The first-order chi connectivity index (χ1) is 7.61.